The molecule has 3 rings (SSSR count). The van der Waals surface area contributed by atoms with Crippen molar-refractivity contribution >= 4 is 85.3 Å². The summed E-state index contributed by atoms with van der Waals surface area (Å²) >= 11 is 12.7. The lowest BCUT2D eigenvalue weighted by Gasteiger charge is -2.13. The lowest BCUT2D eigenvalue weighted by Crippen LogP contribution is -2.19. The highest BCUT2D eigenvalue weighted by Crippen LogP contribution is 2.30. The van der Waals surface area contributed by atoms with Crippen molar-refractivity contribution < 1.29 is 14.3 Å². The standard InChI is InChI=1S/C8H5ClO3.C3H3I3/c9-6-3-5-1-2-7(6)11-4-8(10)12-5;1-2(4)3(5)6/h1-3H,4H2;1H3. The molecule has 0 N–H and O–H groups in total. The van der Waals surface area contributed by atoms with Crippen molar-refractivity contribution in [1.82, 2.24) is 0 Å². The van der Waals surface area contributed by atoms with Gasteiger partial charge in [-0.3, -0.25) is 0 Å². The first-order valence-corrected chi connectivity index (χ1v) is 8.32. The Hall–Kier alpha value is 0.710. The van der Waals surface area contributed by atoms with Gasteiger partial charge < -0.3 is 9.47 Å². The second-order valence-electron chi connectivity index (χ2n) is 3.15. The molecule has 1 aromatic carbocycles. The first-order valence-electron chi connectivity index (χ1n) is 4.70. The van der Waals surface area contributed by atoms with Crippen molar-refractivity contribution in [2.75, 3.05) is 6.61 Å². The molecule has 0 aromatic heterocycles. The molecule has 1 aromatic rings. The Morgan fingerprint density at radius 1 is 1.33 bits per heavy atom. The van der Waals surface area contributed by atoms with Crippen LogP contribution in [0.3, 0.4) is 0 Å². The SMILES string of the molecule is CC(I)=C(I)I.O=C1COc2ccc(cc2Cl)O1. The van der Waals surface area contributed by atoms with Gasteiger partial charge in [0.05, 0.1) is 6.61 Å². The smallest absolute Gasteiger partial charge is 0.349 e. The third kappa shape index (κ3) is 5.78. The number of fused-ring (bicyclic) bond motifs is 5. The predicted octanol–water partition coefficient (Wildman–Crippen LogP) is 5.12. The van der Waals surface area contributed by atoms with E-state index in [9.17, 15) is 4.79 Å². The van der Waals surface area contributed by atoms with Gasteiger partial charge >= 0.3 is 5.97 Å². The molecule has 0 saturated carbocycles. The number of carbonyl (C=O) groups excluding carboxylic acids is 1. The Labute approximate surface area is 151 Å². The van der Waals surface area contributed by atoms with Crippen LogP contribution < -0.4 is 9.47 Å². The molecule has 0 atom stereocenters. The van der Waals surface area contributed by atoms with Gasteiger partial charge in [0.15, 0.2) is 6.61 Å². The molecule has 0 aliphatic carbocycles. The van der Waals surface area contributed by atoms with E-state index < -0.39 is 5.97 Å². The fourth-order valence-electron chi connectivity index (χ4n) is 0.960. The van der Waals surface area contributed by atoms with Gasteiger partial charge in [0, 0.05) is 9.65 Å². The first kappa shape index (κ1) is 16.8. The van der Waals surface area contributed by atoms with E-state index in [0.29, 0.717) is 16.5 Å². The monoisotopic (exact) mass is 604 g/mol. The zero-order valence-corrected chi connectivity index (χ0v) is 16.4. The molecular formula is C11H8ClI3O3. The third-order valence-corrected chi connectivity index (χ3v) is 6.26. The van der Waals surface area contributed by atoms with Gasteiger partial charge in [-0.15, -0.1) is 0 Å². The first-order chi connectivity index (χ1) is 8.40. The summed E-state index contributed by atoms with van der Waals surface area (Å²) < 4.78 is 12.6. The number of esters is 1. The molecule has 2 aliphatic heterocycles. The van der Waals surface area contributed by atoms with E-state index in [2.05, 4.69) is 74.7 Å². The van der Waals surface area contributed by atoms with Crippen molar-refractivity contribution in [3.63, 3.8) is 0 Å². The molecule has 3 nitrogen and oxygen atoms in total. The Morgan fingerprint density at radius 3 is 2.44 bits per heavy atom. The average molecular weight is 604 g/mol. The van der Waals surface area contributed by atoms with Crippen LogP contribution in [0.25, 0.3) is 0 Å². The van der Waals surface area contributed by atoms with Crippen molar-refractivity contribution in [2.24, 2.45) is 0 Å². The lowest BCUT2D eigenvalue weighted by atomic mass is 10.3. The minimum atomic E-state index is -0.410. The number of hydrogen-bond donors (Lipinski definition) is 0. The Kier molecular flexibility index (Phi) is 7.54. The van der Waals surface area contributed by atoms with Crippen molar-refractivity contribution in [2.45, 2.75) is 6.92 Å². The maximum Gasteiger partial charge on any atom is 0.349 e. The quantitative estimate of drug-likeness (QED) is 0.235. The van der Waals surface area contributed by atoms with Crippen molar-refractivity contribution in [3.8, 4) is 11.5 Å². The predicted molar refractivity (Wildman–Crippen MR) is 97.3 cm³/mol. The summed E-state index contributed by atoms with van der Waals surface area (Å²) in [5.41, 5.74) is 0. The van der Waals surface area contributed by atoms with Gasteiger partial charge in [-0.25, -0.2) is 4.79 Å². The summed E-state index contributed by atoms with van der Waals surface area (Å²) in [6.07, 6.45) is 0. The van der Waals surface area contributed by atoms with Crippen LogP contribution in [0.5, 0.6) is 11.5 Å². The minimum absolute atomic E-state index is 0.0900. The molecule has 18 heavy (non-hydrogen) atoms. The summed E-state index contributed by atoms with van der Waals surface area (Å²) in [5.74, 6) is 0.557. The second kappa shape index (κ2) is 8.10. The second-order valence-corrected chi connectivity index (χ2v) is 9.40. The van der Waals surface area contributed by atoms with E-state index in [-0.39, 0.29) is 6.61 Å². The maximum absolute atomic E-state index is 10.8. The van der Waals surface area contributed by atoms with Crippen LogP contribution in [0.1, 0.15) is 6.92 Å². The molecule has 2 heterocycles. The van der Waals surface area contributed by atoms with Crippen LogP contribution in [0, 0.1) is 0 Å². The number of rotatable bonds is 0. The van der Waals surface area contributed by atoms with Crippen LogP contribution in [0.15, 0.2) is 23.4 Å². The van der Waals surface area contributed by atoms with Gasteiger partial charge in [0.25, 0.3) is 0 Å². The number of allylic oxidation sites excluding steroid dienone is 1. The topological polar surface area (TPSA) is 35.5 Å². The van der Waals surface area contributed by atoms with E-state index in [1.54, 1.807) is 18.2 Å². The van der Waals surface area contributed by atoms with E-state index in [4.69, 9.17) is 21.1 Å². The maximum atomic E-state index is 10.8. The fourth-order valence-corrected chi connectivity index (χ4v) is 1.18. The lowest BCUT2D eigenvalue weighted by molar-refractivity contribution is -0.136. The molecule has 0 fully saturated rings. The van der Waals surface area contributed by atoms with Gasteiger partial charge in [-0.05, 0) is 86.8 Å². The molecule has 0 amide bonds. The van der Waals surface area contributed by atoms with Crippen LogP contribution in [-0.4, -0.2) is 12.6 Å². The van der Waals surface area contributed by atoms with E-state index in [1.165, 1.54) is 5.17 Å². The number of carbonyl (C=O) groups is 1. The Bertz CT molecular complexity index is 470. The van der Waals surface area contributed by atoms with E-state index in [0.717, 1.165) is 0 Å². The van der Waals surface area contributed by atoms with Crippen LogP contribution >= 0.6 is 79.4 Å². The molecule has 7 heteroatoms. The summed E-state index contributed by atoms with van der Waals surface area (Å²) in [4.78, 5) is 10.8. The highest BCUT2D eigenvalue weighted by molar-refractivity contribution is 14.2. The highest BCUT2D eigenvalue weighted by atomic mass is 127. The Balaban J connectivity index is 0.000000232. The summed E-state index contributed by atoms with van der Waals surface area (Å²) in [6, 6.07) is 4.86. The highest BCUT2D eigenvalue weighted by Gasteiger charge is 2.13. The average Bonchev–Trinajstić information content (AvgIpc) is 2.25. The molecular weight excluding hydrogens is 596 g/mol. The summed E-state index contributed by atoms with van der Waals surface area (Å²) in [6.45, 7) is 2.00. The molecule has 0 saturated heterocycles. The molecule has 0 radical (unpaired) electrons. The van der Waals surface area contributed by atoms with E-state index >= 15 is 0 Å². The van der Waals surface area contributed by atoms with Crippen LogP contribution in [0.2, 0.25) is 5.02 Å². The van der Waals surface area contributed by atoms with Crippen LogP contribution in [-0.2, 0) is 4.79 Å². The van der Waals surface area contributed by atoms with Gasteiger partial charge in [-0.2, -0.15) is 0 Å². The zero-order valence-electron chi connectivity index (χ0n) is 9.18. The van der Waals surface area contributed by atoms with E-state index in [1.807, 2.05) is 0 Å². The fraction of sp³-hybridized carbons (Fsp3) is 0.182. The molecule has 98 valence electrons. The number of halogens is 4. The zero-order chi connectivity index (χ0) is 13.7. The Morgan fingerprint density at radius 2 is 1.94 bits per heavy atom. The summed E-state index contributed by atoms with van der Waals surface area (Å²) in [5, 5.41) is 0.458. The minimum Gasteiger partial charge on any atom is -0.480 e. The molecule has 2 aliphatic rings. The van der Waals surface area contributed by atoms with Crippen molar-refractivity contribution in [1.29, 1.82) is 0 Å². The molecule has 0 unspecified atom stereocenters. The van der Waals surface area contributed by atoms with Crippen LogP contribution in [0.4, 0.5) is 0 Å². The van der Waals surface area contributed by atoms with Gasteiger partial charge in [0.2, 0.25) is 0 Å². The van der Waals surface area contributed by atoms with Gasteiger partial charge in [0.1, 0.15) is 11.5 Å². The number of ether oxygens (including phenoxy) is 2. The number of hydrogen-bond acceptors (Lipinski definition) is 3. The number of benzene rings is 1. The molecule has 0 spiro atoms. The largest absolute Gasteiger partial charge is 0.480 e. The van der Waals surface area contributed by atoms with Gasteiger partial charge in [-0.1, -0.05) is 11.6 Å². The summed E-state index contributed by atoms with van der Waals surface area (Å²) in [7, 11) is 0. The normalized spacial score (nSPS) is 12.4. The third-order valence-electron chi connectivity index (χ3n) is 1.74. The van der Waals surface area contributed by atoms with Crippen molar-refractivity contribution in [3.05, 3.63) is 28.4 Å². The molecule has 2 bridgehead atoms.